The molecule has 5 rings (SSSR count). The maximum absolute atomic E-state index is 14.8. The summed E-state index contributed by atoms with van der Waals surface area (Å²) in [5, 5.41) is 15.6. The van der Waals surface area contributed by atoms with Gasteiger partial charge in [0.2, 0.25) is 5.91 Å². The number of anilines is 1. The molecule has 0 spiro atoms. The first-order chi connectivity index (χ1) is 14.7. The van der Waals surface area contributed by atoms with Crippen molar-refractivity contribution in [1.29, 1.82) is 0 Å². The van der Waals surface area contributed by atoms with Gasteiger partial charge < -0.3 is 5.32 Å². The van der Waals surface area contributed by atoms with E-state index in [-0.39, 0.29) is 11.3 Å². The van der Waals surface area contributed by atoms with Gasteiger partial charge in [-0.05, 0) is 37.1 Å². The third kappa shape index (κ3) is 3.16. The number of carbonyl (C=O) groups is 1. The molecule has 0 bridgehead atoms. The highest BCUT2D eigenvalue weighted by Crippen LogP contribution is 2.46. The van der Waals surface area contributed by atoms with Gasteiger partial charge in [-0.2, -0.15) is 15.3 Å². The number of hydrogen-bond acceptors (Lipinski definition) is 5. The van der Waals surface area contributed by atoms with Crippen molar-refractivity contribution in [2.75, 3.05) is 5.32 Å². The fourth-order valence-electron chi connectivity index (χ4n) is 4.34. The van der Waals surface area contributed by atoms with Gasteiger partial charge in [-0.3, -0.25) is 4.79 Å². The van der Waals surface area contributed by atoms with E-state index in [9.17, 15) is 9.18 Å². The number of hydrogen-bond donors (Lipinski definition) is 1. The van der Waals surface area contributed by atoms with Crippen LogP contribution in [-0.2, 0) is 10.2 Å². The Balaban J connectivity index is 1.48. The van der Waals surface area contributed by atoms with Crippen LogP contribution in [0.15, 0.2) is 36.8 Å². The molecule has 0 aromatic carbocycles. The van der Waals surface area contributed by atoms with E-state index >= 15 is 0 Å². The molecular formula is C21H19ClFN7O. The second-order valence-corrected chi connectivity index (χ2v) is 8.76. The van der Waals surface area contributed by atoms with Gasteiger partial charge in [0.25, 0.3) is 0 Å². The van der Waals surface area contributed by atoms with Gasteiger partial charge in [-0.15, -0.1) is 4.80 Å². The Hall–Kier alpha value is -3.33. The zero-order valence-electron chi connectivity index (χ0n) is 17.1. The minimum Gasteiger partial charge on any atom is -0.324 e. The standard InChI is InChI=1S/C21H19ClFN7O/c1-11-6-17-16(23)8-13-14(9-21(2,3)18(13)29(17)28-11)20(31)27-12-7-15(22)19(24-10-12)30-25-4-5-26-30/h4-8,10,14H,9H2,1-3H3,(H,27,31). The van der Waals surface area contributed by atoms with E-state index in [0.717, 1.165) is 11.4 Å². The normalized spacial score (nSPS) is 17.1. The molecule has 0 radical (unpaired) electrons. The fraction of sp³-hybridized carbons (Fsp3) is 0.286. The molecule has 4 aromatic heterocycles. The van der Waals surface area contributed by atoms with Gasteiger partial charge in [-0.1, -0.05) is 25.4 Å². The molecule has 0 saturated carbocycles. The van der Waals surface area contributed by atoms with Crippen LogP contribution in [0.5, 0.6) is 0 Å². The summed E-state index contributed by atoms with van der Waals surface area (Å²) in [5.74, 6) is -0.817. The van der Waals surface area contributed by atoms with Crippen molar-refractivity contribution in [2.45, 2.75) is 38.5 Å². The van der Waals surface area contributed by atoms with Crippen LogP contribution < -0.4 is 5.32 Å². The molecule has 0 fully saturated rings. The van der Waals surface area contributed by atoms with Crippen LogP contribution in [0, 0.1) is 12.7 Å². The van der Waals surface area contributed by atoms with Crippen molar-refractivity contribution in [3.05, 3.63) is 64.6 Å². The van der Waals surface area contributed by atoms with Crippen LogP contribution in [0.4, 0.5) is 10.1 Å². The third-order valence-electron chi connectivity index (χ3n) is 5.59. The summed E-state index contributed by atoms with van der Waals surface area (Å²) in [6, 6.07) is 4.76. The van der Waals surface area contributed by atoms with E-state index in [1.807, 2.05) is 20.8 Å². The van der Waals surface area contributed by atoms with Gasteiger partial charge in [0.05, 0.1) is 46.6 Å². The number of amides is 1. The number of nitrogens with zero attached hydrogens (tertiary/aromatic N) is 6. The zero-order valence-corrected chi connectivity index (χ0v) is 17.9. The van der Waals surface area contributed by atoms with Crippen LogP contribution >= 0.6 is 11.6 Å². The number of pyridine rings is 2. The number of aryl methyl sites for hydroxylation is 1. The highest BCUT2D eigenvalue weighted by molar-refractivity contribution is 6.32. The van der Waals surface area contributed by atoms with Crippen molar-refractivity contribution in [2.24, 2.45) is 0 Å². The molecule has 31 heavy (non-hydrogen) atoms. The summed E-state index contributed by atoms with van der Waals surface area (Å²) < 4.78 is 16.4. The molecule has 4 heterocycles. The largest absolute Gasteiger partial charge is 0.324 e. The van der Waals surface area contributed by atoms with Gasteiger partial charge >= 0.3 is 0 Å². The Morgan fingerprint density at radius 1 is 1.26 bits per heavy atom. The van der Waals surface area contributed by atoms with Gasteiger partial charge in [0, 0.05) is 5.41 Å². The lowest BCUT2D eigenvalue weighted by atomic mass is 9.88. The number of rotatable bonds is 3. The van der Waals surface area contributed by atoms with Crippen molar-refractivity contribution in [1.82, 2.24) is 29.6 Å². The van der Waals surface area contributed by atoms with E-state index in [4.69, 9.17) is 11.6 Å². The Morgan fingerprint density at radius 2 is 2.00 bits per heavy atom. The Bertz CT molecular complexity index is 1330. The van der Waals surface area contributed by atoms with Crippen molar-refractivity contribution >= 4 is 28.7 Å². The predicted molar refractivity (Wildman–Crippen MR) is 113 cm³/mol. The molecule has 0 aliphatic heterocycles. The molecule has 1 atom stereocenters. The monoisotopic (exact) mass is 439 g/mol. The van der Waals surface area contributed by atoms with Crippen molar-refractivity contribution in [3.63, 3.8) is 0 Å². The topological polar surface area (TPSA) is 90.0 Å². The number of aromatic nitrogens is 6. The zero-order chi connectivity index (χ0) is 21.9. The second kappa shape index (κ2) is 6.84. The first-order valence-electron chi connectivity index (χ1n) is 9.77. The Labute approximate surface area is 182 Å². The number of fused-ring (bicyclic) bond motifs is 3. The molecule has 1 aliphatic carbocycles. The van der Waals surface area contributed by atoms with E-state index in [1.54, 1.807) is 16.6 Å². The van der Waals surface area contributed by atoms with Crippen LogP contribution in [0.3, 0.4) is 0 Å². The SMILES string of the molecule is Cc1cc2c(F)cc3c(n2n1)C(C)(C)CC3C(=O)Nc1cnc(-n2nccn2)c(Cl)c1. The number of halogens is 2. The van der Waals surface area contributed by atoms with Crippen molar-refractivity contribution in [3.8, 4) is 5.82 Å². The summed E-state index contributed by atoms with van der Waals surface area (Å²) in [6.07, 6.45) is 5.06. The maximum Gasteiger partial charge on any atom is 0.232 e. The van der Waals surface area contributed by atoms with Crippen LogP contribution in [-0.4, -0.2) is 35.5 Å². The molecule has 4 aromatic rings. The fourth-order valence-corrected chi connectivity index (χ4v) is 4.58. The quantitative estimate of drug-likeness (QED) is 0.524. The Kier molecular flexibility index (Phi) is 4.33. The Morgan fingerprint density at radius 3 is 2.71 bits per heavy atom. The van der Waals surface area contributed by atoms with Crippen molar-refractivity contribution < 1.29 is 9.18 Å². The molecule has 10 heteroatoms. The highest BCUT2D eigenvalue weighted by atomic mass is 35.5. The van der Waals surface area contributed by atoms with Gasteiger partial charge in [0.1, 0.15) is 11.3 Å². The second-order valence-electron chi connectivity index (χ2n) is 8.36. The molecule has 1 amide bonds. The molecule has 0 saturated heterocycles. The summed E-state index contributed by atoms with van der Waals surface area (Å²) in [6.45, 7) is 5.90. The lowest BCUT2D eigenvalue weighted by molar-refractivity contribution is -0.117. The molecule has 158 valence electrons. The molecule has 8 nitrogen and oxygen atoms in total. The number of carbonyl (C=O) groups excluding carboxylic acids is 1. The summed E-state index contributed by atoms with van der Waals surface area (Å²) in [5.41, 5.74) is 2.73. The minimum absolute atomic E-state index is 0.253. The van der Waals surface area contributed by atoms with E-state index in [1.165, 1.54) is 29.5 Å². The minimum atomic E-state index is -0.528. The molecule has 1 unspecified atom stereocenters. The average molecular weight is 440 g/mol. The maximum atomic E-state index is 14.8. The summed E-state index contributed by atoms with van der Waals surface area (Å²) >= 11 is 6.30. The van der Waals surface area contributed by atoms with Gasteiger partial charge in [0.15, 0.2) is 5.82 Å². The van der Waals surface area contributed by atoms with Crippen LogP contribution in [0.25, 0.3) is 11.3 Å². The summed E-state index contributed by atoms with van der Waals surface area (Å²) in [7, 11) is 0. The van der Waals surface area contributed by atoms with Gasteiger partial charge in [-0.25, -0.2) is 13.9 Å². The summed E-state index contributed by atoms with van der Waals surface area (Å²) in [4.78, 5) is 18.7. The van der Waals surface area contributed by atoms with Crippen LogP contribution in [0.1, 0.15) is 43.1 Å². The molecule has 1 aliphatic rings. The van der Waals surface area contributed by atoms with Crippen LogP contribution in [0.2, 0.25) is 5.02 Å². The lowest BCUT2D eigenvalue weighted by Crippen LogP contribution is -2.21. The highest BCUT2D eigenvalue weighted by Gasteiger charge is 2.43. The third-order valence-corrected chi connectivity index (χ3v) is 5.87. The van der Waals surface area contributed by atoms with E-state index < -0.39 is 11.7 Å². The predicted octanol–water partition coefficient (Wildman–Crippen LogP) is 3.81. The molecular weight excluding hydrogens is 421 g/mol. The smallest absolute Gasteiger partial charge is 0.232 e. The first kappa shape index (κ1) is 19.6. The lowest BCUT2D eigenvalue weighted by Gasteiger charge is -2.20. The average Bonchev–Trinajstić information content (AvgIpc) is 3.40. The van der Waals surface area contributed by atoms with E-state index in [2.05, 4.69) is 25.6 Å². The number of nitrogens with one attached hydrogen (secondary N) is 1. The first-order valence-corrected chi connectivity index (χ1v) is 10.1. The van der Waals surface area contributed by atoms with E-state index in [0.29, 0.717) is 34.0 Å². The molecule has 1 N–H and O–H groups in total.